The second-order valence-corrected chi connectivity index (χ2v) is 6.71. The number of carbonyl (C=O) groups is 1. The van der Waals surface area contributed by atoms with E-state index in [9.17, 15) is 9.59 Å². The first-order valence-corrected chi connectivity index (χ1v) is 8.83. The van der Waals surface area contributed by atoms with Crippen LogP contribution < -0.4 is 10.9 Å². The number of hydrogen-bond donors (Lipinski definition) is 1. The summed E-state index contributed by atoms with van der Waals surface area (Å²) in [6, 6.07) is 8.06. The fraction of sp³-hybridized carbons (Fsp3) is 0.111. The quantitative estimate of drug-likeness (QED) is 0.603. The Bertz CT molecular complexity index is 1160. The molecule has 26 heavy (non-hydrogen) atoms. The monoisotopic (exact) mass is 365 g/mol. The van der Waals surface area contributed by atoms with E-state index in [2.05, 4.69) is 15.4 Å². The number of nitrogens with zero attached hydrogens (tertiary/aromatic N) is 4. The number of nitrogens with one attached hydrogen (secondary N) is 1. The minimum absolute atomic E-state index is 0.00689. The fourth-order valence-electron chi connectivity index (χ4n) is 2.66. The van der Waals surface area contributed by atoms with Crippen LogP contribution in [0.25, 0.3) is 4.96 Å². The van der Waals surface area contributed by atoms with E-state index in [4.69, 9.17) is 0 Å². The summed E-state index contributed by atoms with van der Waals surface area (Å²) in [5.74, 6) is -0.501. The zero-order chi connectivity index (χ0) is 18.1. The molecule has 0 unspecified atom stereocenters. The Labute approximate surface area is 152 Å². The Balaban J connectivity index is 1.53. The normalized spacial score (nSPS) is 11.0. The van der Waals surface area contributed by atoms with Crippen molar-refractivity contribution in [1.82, 2.24) is 19.2 Å². The van der Waals surface area contributed by atoms with Crippen molar-refractivity contribution in [2.24, 2.45) is 0 Å². The highest BCUT2D eigenvalue weighted by atomic mass is 32.1. The summed E-state index contributed by atoms with van der Waals surface area (Å²) in [6.07, 6.45) is 6.20. The maximum absolute atomic E-state index is 12.4. The maximum atomic E-state index is 12.4. The van der Waals surface area contributed by atoms with E-state index >= 15 is 0 Å². The molecule has 1 N–H and O–H groups in total. The Morgan fingerprint density at radius 1 is 1.27 bits per heavy atom. The van der Waals surface area contributed by atoms with Crippen molar-refractivity contribution in [2.75, 3.05) is 5.32 Å². The Hall–Kier alpha value is -3.26. The molecule has 7 nitrogen and oxygen atoms in total. The fourth-order valence-corrected chi connectivity index (χ4v) is 3.33. The minimum atomic E-state index is -0.501. The highest BCUT2D eigenvalue weighted by Gasteiger charge is 2.14. The van der Waals surface area contributed by atoms with Gasteiger partial charge in [-0.3, -0.25) is 18.7 Å². The van der Waals surface area contributed by atoms with Gasteiger partial charge in [0.05, 0.1) is 18.4 Å². The van der Waals surface area contributed by atoms with Gasteiger partial charge in [-0.05, 0) is 18.1 Å². The molecule has 8 heteroatoms. The van der Waals surface area contributed by atoms with Crippen LogP contribution in [0.1, 0.15) is 21.5 Å². The van der Waals surface area contributed by atoms with Crippen LogP contribution in [-0.4, -0.2) is 25.1 Å². The number of anilines is 1. The lowest BCUT2D eigenvalue weighted by Gasteiger charge is -2.05. The molecule has 0 spiro atoms. The molecule has 4 aromatic rings. The van der Waals surface area contributed by atoms with E-state index in [1.54, 1.807) is 28.7 Å². The SMILES string of the molecule is Cc1ccccc1Cn1cc(NC(=O)c2cnc3sccn3c2=O)cn1. The number of carbonyl (C=O) groups excluding carboxylic acids is 1. The van der Waals surface area contributed by atoms with Crippen molar-refractivity contribution in [3.63, 3.8) is 0 Å². The van der Waals surface area contributed by atoms with Crippen LogP contribution in [0, 0.1) is 6.92 Å². The van der Waals surface area contributed by atoms with Gasteiger partial charge in [0, 0.05) is 24.0 Å². The number of amides is 1. The zero-order valence-corrected chi connectivity index (χ0v) is 14.7. The summed E-state index contributed by atoms with van der Waals surface area (Å²) < 4.78 is 3.10. The molecule has 0 saturated heterocycles. The molecular weight excluding hydrogens is 350 g/mol. The number of fused-ring (bicyclic) bond motifs is 1. The second kappa shape index (κ2) is 6.57. The molecule has 3 heterocycles. The number of hydrogen-bond acceptors (Lipinski definition) is 5. The van der Waals surface area contributed by atoms with Gasteiger partial charge in [0.25, 0.3) is 11.5 Å². The number of aromatic nitrogens is 4. The molecule has 0 aliphatic rings. The molecule has 3 aromatic heterocycles. The summed E-state index contributed by atoms with van der Waals surface area (Å²) in [7, 11) is 0. The lowest BCUT2D eigenvalue weighted by Crippen LogP contribution is -2.25. The van der Waals surface area contributed by atoms with Gasteiger partial charge in [-0.2, -0.15) is 5.10 Å². The third-order valence-corrected chi connectivity index (χ3v) is 4.84. The van der Waals surface area contributed by atoms with E-state index in [1.807, 2.05) is 31.2 Å². The van der Waals surface area contributed by atoms with Gasteiger partial charge in [-0.15, -0.1) is 11.3 Å². The first kappa shape index (κ1) is 16.2. The molecule has 0 aliphatic heterocycles. The van der Waals surface area contributed by atoms with Gasteiger partial charge in [0.2, 0.25) is 0 Å². The van der Waals surface area contributed by atoms with Crippen LogP contribution in [-0.2, 0) is 6.54 Å². The van der Waals surface area contributed by atoms with Gasteiger partial charge in [0.1, 0.15) is 5.56 Å². The molecule has 0 atom stereocenters. The summed E-state index contributed by atoms with van der Waals surface area (Å²) in [4.78, 5) is 29.5. The van der Waals surface area contributed by atoms with E-state index < -0.39 is 5.91 Å². The van der Waals surface area contributed by atoms with Crippen molar-refractivity contribution < 1.29 is 4.79 Å². The second-order valence-electron chi connectivity index (χ2n) is 5.84. The molecule has 0 radical (unpaired) electrons. The summed E-state index contributed by atoms with van der Waals surface area (Å²) in [5, 5.41) is 8.72. The number of rotatable bonds is 4. The average Bonchev–Trinajstić information content (AvgIpc) is 3.27. The largest absolute Gasteiger partial charge is 0.319 e. The average molecular weight is 365 g/mol. The van der Waals surface area contributed by atoms with Crippen LogP contribution >= 0.6 is 11.3 Å². The van der Waals surface area contributed by atoms with Gasteiger partial charge < -0.3 is 5.32 Å². The predicted octanol–water partition coefficient (Wildman–Crippen LogP) is 2.56. The molecule has 0 saturated carbocycles. The summed E-state index contributed by atoms with van der Waals surface area (Å²) in [5.41, 5.74) is 2.46. The van der Waals surface area contributed by atoms with E-state index in [0.717, 1.165) is 5.56 Å². The van der Waals surface area contributed by atoms with Gasteiger partial charge >= 0.3 is 0 Å². The molecule has 4 rings (SSSR count). The molecule has 0 bridgehead atoms. The topological polar surface area (TPSA) is 81.3 Å². The van der Waals surface area contributed by atoms with E-state index in [0.29, 0.717) is 17.2 Å². The van der Waals surface area contributed by atoms with Gasteiger partial charge in [0.15, 0.2) is 4.96 Å². The van der Waals surface area contributed by atoms with Gasteiger partial charge in [-0.1, -0.05) is 24.3 Å². The summed E-state index contributed by atoms with van der Waals surface area (Å²) >= 11 is 1.34. The van der Waals surface area contributed by atoms with Gasteiger partial charge in [-0.25, -0.2) is 4.98 Å². The number of benzene rings is 1. The van der Waals surface area contributed by atoms with Crippen LogP contribution in [0.4, 0.5) is 5.69 Å². The Morgan fingerprint density at radius 2 is 2.12 bits per heavy atom. The third kappa shape index (κ3) is 3.02. The first-order chi connectivity index (χ1) is 12.6. The first-order valence-electron chi connectivity index (χ1n) is 7.95. The molecule has 0 fully saturated rings. The molecule has 1 aromatic carbocycles. The van der Waals surface area contributed by atoms with Crippen molar-refractivity contribution >= 4 is 27.9 Å². The number of thiazole rings is 1. The highest BCUT2D eigenvalue weighted by Crippen LogP contribution is 2.12. The predicted molar refractivity (Wildman–Crippen MR) is 99.8 cm³/mol. The van der Waals surface area contributed by atoms with E-state index in [1.165, 1.54) is 27.5 Å². The molecule has 0 aliphatic carbocycles. The van der Waals surface area contributed by atoms with Crippen LogP contribution in [0.15, 0.2) is 59.2 Å². The smallest absolute Gasteiger partial charge is 0.271 e. The van der Waals surface area contributed by atoms with Crippen molar-refractivity contribution in [1.29, 1.82) is 0 Å². The minimum Gasteiger partial charge on any atom is -0.319 e. The molecule has 1 amide bonds. The lowest BCUT2D eigenvalue weighted by atomic mass is 10.1. The zero-order valence-electron chi connectivity index (χ0n) is 13.9. The third-order valence-electron chi connectivity index (χ3n) is 4.07. The van der Waals surface area contributed by atoms with Crippen molar-refractivity contribution in [2.45, 2.75) is 13.5 Å². The Morgan fingerprint density at radius 3 is 2.96 bits per heavy atom. The van der Waals surface area contributed by atoms with Crippen molar-refractivity contribution in [3.8, 4) is 0 Å². The summed E-state index contributed by atoms with van der Waals surface area (Å²) in [6.45, 7) is 2.65. The standard InChI is InChI=1S/C18H15N5O2S/c1-12-4-2-3-5-13(12)10-22-11-14(8-20-22)21-16(24)15-9-19-18-23(17(15)25)6-7-26-18/h2-9,11H,10H2,1H3,(H,21,24). The van der Waals surface area contributed by atoms with E-state index in [-0.39, 0.29) is 11.1 Å². The maximum Gasteiger partial charge on any atom is 0.271 e. The highest BCUT2D eigenvalue weighted by molar-refractivity contribution is 7.15. The number of aryl methyl sites for hydroxylation is 1. The lowest BCUT2D eigenvalue weighted by molar-refractivity contribution is 0.102. The molecule has 130 valence electrons. The van der Waals surface area contributed by atoms with Crippen LogP contribution in [0.3, 0.4) is 0 Å². The molecular formula is C18H15N5O2S. The Kier molecular flexibility index (Phi) is 4.10. The van der Waals surface area contributed by atoms with Crippen molar-refractivity contribution in [3.05, 3.63) is 81.5 Å². The van der Waals surface area contributed by atoms with Crippen LogP contribution in [0.2, 0.25) is 0 Å². The van der Waals surface area contributed by atoms with Crippen LogP contribution in [0.5, 0.6) is 0 Å².